The Morgan fingerprint density at radius 1 is 1.35 bits per heavy atom. The zero-order valence-electron chi connectivity index (χ0n) is 12.5. The molecular formula is C16H24N2OS. The molecule has 1 aromatic rings. The van der Waals surface area contributed by atoms with Gasteiger partial charge in [0, 0.05) is 12.6 Å². The van der Waals surface area contributed by atoms with Crippen molar-refractivity contribution >= 4 is 17.3 Å². The second-order valence-corrected chi connectivity index (χ2v) is 6.69. The summed E-state index contributed by atoms with van der Waals surface area (Å²) >= 11 is 5.37. The molecule has 1 aromatic carbocycles. The molecule has 1 unspecified atom stereocenters. The minimum atomic E-state index is 0.448. The number of rotatable bonds is 4. The monoisotopic (exact) mass is 292 g/mol. The Hall–Kier alpha value is -1.29. The molecule has 4 heteroatoms. The Labute approximate surface area is 127 Å². The van der Waals surface area contributed by atoms with Crippen molar-refractivity contribution < 1.29 is 4.74 Å². The van der Waals surface area contributed by atoms with Gasteiger partial charge in [-0.25, -0.2) is 0 Å². The van der Waals surface area contributed by atoms with Crippen molar-refractivity contribution in [2.75, 3.05) is 7.11 Å². The Morgan fingerprint density at radius 3 is 2.60 bits per heavy atom. The predicted molar refractivity (Wildman–Crippen MR) is 87.0 cm³/mol. The topological polar surface area (TPSA) is 33.3 Å². The van der Waals surface area contributed by atoms with E-state index in [2.05, 4.69) is 24.5 Å². The van der Waals surface area contributed by atoms with Crippen molar-refractivity contribution in [1.29, 1.82) is 0 Å². The van der Waals surface area contributed by atoms with Gasteiger partial charge in [-0.3, -0.25) is 0 Å². The fourth-order valence-corrected chi connectivity index (χ4v) is 2.96. The molecule has 1 aliphatic carbocycles. The van der Waals surface area contributed by atoms with Gasteiger partial charge in [-0.2, -0.15) is 0 Å². The largest absolute Gasteiger partial charge is 0.497 e. The van der Waals surface area contributed by atoms with Gasteiger partial charge in [0.1, 0.15) is 5.75 Å². The van der Waals surface area contributed by atoms with E-state index in [1.807, 2.05) is 24.3 Å². The first-order valence-electron chi connectivity index (χ1n) is 7.16. The summed E-state index contributed by atoms with van der Waals surface area (Å²) in [6.07, 6.45) is 3.67. The molecule has 0 heterocycles. The van der Waals surface area contributed by atoms with E-state index in [-0.39, 0.29) is 0 Å². The van der Waals surface area contributed by atoms with Crippen molar-refractivity contribution in [2.45, 2.75) is 45.7 Å². The van der Waals surface area contributed by atoms with Crippen LogP contribution < -0.4 is 15.4 Å². The van der Waals surface area contributed by atoms with Gasteiger partial charge < -0.3 is 15.4 Å². The number of ether oxygens (including phenoxy) is 1. The second-order valence-electron chi connectivity index (χ2n) is 6.28. The highest BCUT2D eigenvalue weighted by molar-refractivity contribution is 7.80. The average molecular weight is 292 g/mol. The van der Waals surface area contributed by atoms with E-state index >= 15 is 0 Å². The summed E-state index contributed by atoms with van der Waals surface area (Å²) in [4.78, 5) is 0. The van der Waals surface area contributed by atoms with E-state index in [0.29, 0.717) is 11.5 Å². The van der Waals surface area contributed by atoms with Crippen LogP contribution in [0.15, 0.2) is 24.3 Å². The summed E-state index contributed by atoms with van der Waals surface area (Å²) < 4.78 is 5.14. The molecule has 0 spiro atoms. The molecule has 1 atom stereocenters. The van der Waals surface area contributed by atoms with Crippen LogP contribution in [-0.4, -0.2) is 18.3 Å². The van der Waals surface area contributed by atoms with Gasteiger partial charge in [-0.15, -0.1) is 0 Å². The number of thiocarbonyl (C=S) groups is 1. The van der Waals surface area contributed by atoms with Gasteiger partial charge in [-0.1, -0.05) is 26.0 Å². The number of methoxy groups -OCH3 is 1. The minimum absolute atomic E-state index is 0.448. The van der Waals surface area contributed by atoms with Crippen LogP contribution in [0.25, 0.3) is 0 Å². The van der Waals surface area contributed by atoms with Crippen molar-refractivity contribution in [2.24, 2.45) is 5.41 Å². The van der Waals surface area contributed by atoms with Crippen LogP contribution in [0.5, 0.6) is 5.75 Å². The summed E-state index contributed by atoms with van der Waals surface area (Å²) in [5.74, 6) is 0.877. The van der Waals surface area contributed by atoms with E-state index < -0.39 is 0 Å². The van der Waals surface area contributed by atoms with Gasteiger partial charge in [0.2, 0.25) is 0 Å². The number of hydrogen-bond acceptors (Lipinski definition) is 2. The van der Waals surface area contributed by atoms with Crippen molar-refractivity contribution in [1.82, 2.24) is 10.6 Å². The van der Waals surface area contributed by atoms with Crippen LogP contribution >= 0.6 is 12.2 Å². The number of benzene rings is 1. The molecular weight excluding hydrogens is 268 g/mol. The van der Waals surface area contributed by atoms with E-state index in [9.17, 15) is 0 Å². The minimum Gasteiger partial charge on any atom is -0.497 e. The maximum atomic E-state index is 5.37. The zero-order valence-corrected chi connectivity index (χ0v) is 13.3. The zero-order chi connectivity index (χ0) is 14.6. The Morgan fingerprint density at radius 2 is 2.05 bits per heavy atom. The average Bonchev–Trinajstić information content (AvgIpc) is 2.76. The maximum absolute atomic E-state index is 5.37. The van der Waals surface area contributed by atoms with Crippen molar-refractivity contribution in [3.8, 4) is 5.75 Å². The van der Waals surface area contributed by atoms with Crippen molar-refractivity contribution in [3.05, 3.63) is 29.8 Å². The van der Waals surface area contributed by atoms with E-state index in [1.54, 1.807) is 7.11 Å². The van der Waals surface area contributed by atoms with E-state index in [1.165, 1.54) is 24.8 Å². The third-order valence-corrected chi connectivity index (χ3v) is 4.18. The van der Waals surface area contributed by atoms with Crippen LogP contribution in [0, 0.1) is 5.41 Å². The normalized spacial score (nSPS) is 20.4. The van der Waals surface area contributed by atoms with Gasteiger partial charge in [0.05, 0.1) is 7.11 Å². The van der Waals surface area contributed by atoms with Crippen LogP contribution in [0.4, 0.5) is 0 Å². The van der Waals surface area contributed by atoms with E-state index in [4.69, 9.17) is 17.0 Å². The fraction of sp³-hybridized carbons (Fsp3) is 0.562. The SMILES string of the molecule is COc1ccc(CNC(=S)NC2CCC(C)(C)C2)cc1. The number of nitrogens with one attached hydrogen (secondary N) is 2. The molecule has 2 N–H and O–H groups in total. The van der Waals surface area contributed by atoms with E-state index in [0.717, 1.165) is 17.4 Å². The Kier molecular flexibility index (Phi) is 4.86. The quantitative estimate of drug-likeness (QED) is 0.835. The second kappa shape index (κ2) is 6.44. The van der Waals surface area contributed by atoms with Crippen LogP contribution in [0.2, 0.25) is 0 Å². The third-order valence-electron chi connectivity index (χ3n) is 3.92. The molecule has 1 aliphatic rings. The van der Waals surface area contributed by atoms with Crippen LogP contribution in [-0.2, 0) is 6.54 Å². The molecule has 0 saturated heterocycles. The molecule has 0 amide bonds. The summed E-state index contributed by atoms with van der Waals surface area (Å²) in [6.45, 7) is 5.39. The van der Waals surface area contributed by atoms with Gasteiger partial charge in [0.15, 0.2) is 5.11 Å². The molecule has 110 valence electrons. The molecule has 0 aliphatic heterocycles. The summed E-state index contributed by atoms with van der Waals surface area (Å²) in [7, 11) is 1.68. The van der Waals surface area contributed by atoms with Crippen LogP contribution in [0.1, 0.15) is 38.7 Å². The first kappa shape index (κ1) is 15.1. The smallest absolute Gasteiger partial charge is 0.166 e. The highest BCUT2D eigenvalue weighted by Crippen LogP contribution is 2.36. The third kappa shape index (κ3) is 4.37. The van der Waals surface area contributed by atoms with Crippen LogP contribution in [0.3, 0.4) is 0 Å². The lowest BCUT2D eigenvalue weighted by molar-refractivity contribution is 0.372. The summed E-state index contributed by atoms with van der Waals surface area (Å²) in [5, 5.41) is 7.45. The van der Waals surface area contributed by atoms with Gasteiger partial charge in [-0.05, 0) is 54.6 Å². The summed E-state index contributed by atoms with van der Waals surface area (Å²) in [5.41, 5.74) is 1.64. The first-order chi connectivity index (χ1) is 9.48. The molecule has 3 nitrogen and oxygen atoms in total. The van der Waals surface area contributed by atoms with Gasteiger partial charge >= 0.3 is 0 Å². The molecule has 1 fully saturated rings. The molecule has 2 rings (SSSR count). The first-order valence-corrected chi connectivity index (χ1v) is 7.57. The summed E-state index contributed by atoms with van der Waals surface area (Å²) in [6, 6.07) is 8.54. The lowest BCUT2D eigenvalue weighted by Gasteiger charge is -2.19. The molecule has 0 aromatic heterocycles. The van der Waals surface area contributed by atoms with Crippen molar-refractivity contribution in [3.63, 3.8) is 0 Å². The maximum Gasteiger partial charge on any atom is 0.166 e. The molecule has 1 saturated carbocycles. The standard InChI is InChI=1S/C16H24N2OS/c1-16(2)9-8-13(10-16)18-15(20)17-11-12-4-6-14(19-3)7-5-12/h4-7,13H,8-11H2,1-3H3,(H2,17,18,20). The molecule has 20 heavy (non-hydrogen) atoms. The molecule has 0 radical (unpaired) electrons. The molecule has 0 bridgehead atoms. The van der Waals surface area contributed by atoms with Gasteiger partial charge in [0.25, 0.3) is 0 Å². The highest BCUT2D eigenvalue weighted by Gasteiger charge is 2.30. The predicted octanol–water partition coefficient (Wildman–Crippen LogP) is 3.24. The number of hydrogen-bond donors (Lipinski definition) is 2. The fourth-order valence-electron chi connectivity index (χ4n) is 2.72. The Bertz CT molecular complexity index is 456. The lowest BCUT2D eigenvalue weighted by atomic mass is 9.92. The highest BCUT2D eigenvalue weighted by atomic mass is 32.1. The lowest BCUT2D eigenvalue weighted by Crippen LogP contribution is -2.40. The Balaban J connectivity index is 1.74.